The van der Waals surface area contributed by atoms with Crippen LogP contribution in [0.25, 0.3) is 0 Å². The molecule has 0 unspecified atom stereocenters. The first-order valence-electron chi connectivity index (χ1n) is 8.20. The fraction of sp³-hybridized carbons (Fsp3) is 0.529. The topological polar surface area (TPSA) is 76.3 Å². The van der Waals surface area contributed by atoms with Gasteiger partial charge in [-0.1, -0.05) is 5.16 Å². The Morgan fingerprint density at radius 2 is 2.17 bits per heavy atom. The molecule has 1 amide bonds. The molecule has 24 heavy (non-hydrogen) atoms. The van der Waals surface area contributed by atoms with E-state index in [2.05, 4.69) is 10.1 Å². The number of aryl methyl sites for hydroxylation is 2. The standard InChI is InChI=1S/C17H21N3O3S/c1-11-5-7-15(24-11)14(21)6-8-16(22)20-9-3-4-13(10-20)17-18-12(2)23-19-17/h5,7,13H,3-4,6,8-10H2,1-2H3/t13-/m0/s1. The van der Waals surface area contributed by atoms with Gasteiger partial charge in [-0.2, -0.15) is 4.98 Å². The van der Waals surface area contributed by atoms with Gasteiger partial charge in [0.1, 0.15) is 0 Å². The third-order valence-electron chi connectivity index (χ3n) is 4.26. The van der Waals surface area contributed by atoms with E-state index in [4.69, 9.17) is 4.52 Å². The summed E-state index contributed by atoms with van der Waals surface area (Å²) in [6.07, 6.45) is 2.40. The van der Waals surface area contributed by atoms with Gasteiger partial charge < -0.3 is 9.42 Å². The summed E-state index contributed by atoms with van der Waals surface area (Å²) in [5.74, 6) is 1.42. The van der Waals surface area contributed by atoms with Crippen LogP contribution >= 0.6 is 11.3 Å². The highest BCUT2D eigenvalue weighted by molar-refractivity contribution is 7.14. The molecule has 1 aliphatic rings. The predicted octanol–water partition coefficient (Wildman–Crippen LogP) is 3.12. The van der Waals surface area contributed by atoms with E-state index in [0.717, 1.165) is 29.1 Å². The summed E-state index contributed by atoms with van der Waals surface area (Å²) >= 11 is 1.48. The average molecular weight is 347 g/mol. The van der Waals surface area contributed by atoms with Crippen molar-refractivity contribution in [3.05, 3.63) is 33.6 Å². The lowest BCUT2D eigenvalue weighted by atomic mass is 9.97. The Bertz CT molecular complexity index is 737. The molecule has 1 saturated heterocycles. The molecule has 0 aromatic carbocycles. The monoisotopic (exact) mass is 347 g/mol. The maximum Gasteiger partial charge on any atom is 0.223 e. The van der Waals surface area contributed by atoms with Crippen LogP contribution in [0.2, 0.25) is 0 Å². The zero-order chi connectivity index (χ0) is 17.1. The van der Waals surface area contributed by atoms with Gasteiger partial charge >= 0.3 is 0 Å². The van der Waals surface area contributed by atoms with Crippen LogP contribution in [0.1, 0.15) is 57.9 Å². The van der Waals surface area contributed by atoms with Crippen LogP contribution < -0.4 is 0 Å². The predicted molar refractivity (Wildman–Crippen MR) is 90.2 cm³/mol. The van der Waals surface area contributed by atoms with Crippen LogP contribution in [-0.4, -0.2) is 39.8 Å². The van der Waals surface area contributed by atoms with Gasteiger partial charge in [-0.05, 0) is 31.9 Å². The van der Waals surface area contributed by atoms with Crippen LogP contribution in [-0.2, 0) is 4.79 Å². The highest BCUT2D eigenvalue weighted by atomic mass is 32.1. The normalized spacial score (nSPS) is 17.9. The second-order valence-electron chi connectivity index (χ2n) is 6.18. The van der Waals surface area contributed by atoms with Crippen molar-refractivity contribution in [3.63, 3.8) is 0 Å². The van der Waals surface area contributed by atoms with Crippen molar-refractivity contribution in [2.24, 2.45) is 0 Å². The third kappa shape index (κ3) is 3.90. The van der Waals surface area contributed by atoms with Gasteiger partial charge in [-0.15, -0.1) is 11.3 Å². The summed E-state index contributed by atoms with van der Waals surface area (Å²) in [5.41, 5.74) is 0. The zero-order valence-electron chi connectivity index (χ0n) is 13.9. The third-order valence-corrected chi connectivity index (χ3v) is 5.31. The Hall–Kier alpha value is -2.02. The summed E-state index contributed by atoms with van der Waals surface area (Å²) in [7, 11) is 0. The number of ketones is 1. The van der Waals surface area contributed by atoms with Gasteiger partial charge in [0.05, 0.1) is 4.88 Å². The molecular weight excluding hydrogens is 326 g/mol. The lowest BCUT2D eigenvalue weighted by Gasteiger charge is -2.31. The van der Waals surface area contributed by atoms with E-state index in [1.54, 1.807) is 6.92 Å². The van der Waals surface area contributed by atoms with Crippen molar-refractivity contribution in [2.45, 2.75) is 45.4 Å². The summed E-state index contributed by atoms with van der Waals surface area (Å²) in [5, 5.41) is 3.97. The fourth-order valence-electron chi connectivity index (χ4n) is 2.98. The number of amides is 1. The smallest absolute Gasteiger partial charge is 0.223 e. The number of likely N-dealkylation sites (tertiary alicyclic amines) is 1. The first-order chi connectivity index (χ1) is 11.5. The number of hydrogen-bond acceptors (Lipinski definition) is 6. The van der Waals surface area contributed by atoms with E-state index in [-0.39, 0.29) is 30.4 Å². The second kappa shape index (κ2) is 7.25. The minimum Gasteiger partial charge on any atom is -0.342 e. The van der Waals surface area contributed by atoms with Gasteiger partial charge in [0.15, 0.2) is 11.6 Å². The van der Waals surface area contributed by atoms with Crippen molar-refractivity contribution >= 4 is 23.0 Å². The lowest BCUT2D eigenvalue weighted by Crippen LogP contribution is -2.39. The Morgan fingerprint density at radius 3 is 2.83 bits per heavy atom. The van der Waals surface area contributed by atoms with Crippen molar-refractivity contribution in [1.29, 1.82) is 0 Å². The molecule has 0 bridgehead atoms. The molecular formula is C17H21N3O3S. The number of aromatic nitrogens is 2. The number of piperidine rings is 1. The molecule has 0 radical (unpaired) electrons. The molecule has 6 nitrogen and oxygen atoms in total. The minimum atomic E-state index is 0.0292. The fourth-order valence-corrected chi connectivity index (χ4v) is 3.82. The van der Waals surface area contributed by atoms with Gasteiger partial charge in [0.25, 0.3) is 0 Å². The first kappa shape index (κ1) is 16.8. The largest absolute Gasteiger partial charge is 0.342 e. The highest BCUT2D eigenvalue weighted by Gasteiger charge is 2.27. The van der Waals surface area contributed by atoms with E-state index in [1.165, 1.54) is 11.3 Å². The van der Waals surface area contributed by atoms with Crippen LogP contribution in [0.3, 0.4) is 0 Å². The summed E-state index contributed by atoms with van der Waals surface area (Å²) in [4.78, 5) is 32.5. The van der Waals surface area contributed by atoms with Gasteiger partial charge in [0.2, 0.25) is 11.8 Å². The Balaban J connectivity index is 1.53. The van der Waals surface area contributed by atoms with Crippen molar-refractivity contribution in [2.75, 3.05) is 13.1 Å². The van der Waals surface area contributed by atoms with Gasteiger partial charge in [-0.25, -0.2) is 0 Å². The molecule has 3 rings (SSSR count). The maximum atomic E-state index is 12.4. The van der Waals surface area contributed by atoms with Gasteiger partial charge in [0, 0.05) is 43.6 Å². The number of rotatable bonds is 5. The molecule has 0 aliphatic carbocycles. The first-order valence-corrected chi connectivity index (χ1v) is 9.02. The van der Waals surface area contributed by atoms with E-state index in [1.807, 2.05) is 24.0 Å². The van der Waals surface area contributed by atoms with Gasteiger partial charge in [-0.3, -0.25) is 9.59 Å². The molecule has 7 heteroatoms. The zero-order valence-corrected chi connectivity index (χ0v) is 14.8. The number of carbonyl (C=O) groups is 2. The minimum absolute atomic E-state index is 0.0292. The second-order valence-corrected chi connectivity index (χ2v) is 7.47. The van der Waals surface area contributed by atoms with Crippen LogP contribution in [0, 0.1) is 13.8 Å². The molecule has 2 aromatic heterocycles. The molecule has 128 valence electrons. The number of carbonyl (C=O) groups excluding carboxylic acids is 2. The van der Waals surface area contributed by atoms with E-state index >= 15 is 0 Å². The number of Topliss-reactive ketones (excluding diaryl/α,β-unsaturated/α-hetero) is 1. The van der Waals surface area contributed by atoms with Crippen molar-refractivity contribution < 1.29 is 14.1 Å². The molecule has 1 atom stereocenters. The molecule has 1 aliphatic heterocycles. The Labute approximate surface area is 144 Å². The SMILES string of the molecule is Cc1nc([C@H]2CCCN(C(=O)CCC(=O)c3ccc(C)s3)C2)no1. The lowest BCUT2D eigenvalue weighted by molar-refractivity contribution is -0.132. The van der Waals surface area contributed by atoms with Crippen molar-refractivity contribution in [3.8, 4) is 0 Å². The maximum absolute atomic E-state index is 12.4. The molecule has 0 spiro atoms. The molecule has 3 heterocycles. The van der Waals surface area contributed by atoms with E-state index < -0.39 is 0 Å². The van der Waals surface area contributed by atoms with E-state index in [9.17, 15) is 9.59 Å². The average Bonchev–Trinajstić information content (AvgIpc) is 3.21. The summed E-state index contributed by atoms with van der Waals surface area (Å²) < 4.78 is 5.04. The molecule has 2 aromatic rings. The molecule has 0 saturated carbocycles. The Morgan fingerprint density at radius 1 is 1.33 bits per heavy atom. The quantitative estimate of drug-likeness (QED) is 0.777. The molecule has 0 N–H and O–H groups in total. The highest BCUT2D eigenvalue weighted by Crippen LogP contribution is 2.25. The summed E-state index contributed by atoms with van der Waals surface area (Å²) in [6, 6.07) is 3.77. The Kier molecular flexibility index (Phi) is 5.08. The number of hydrogen-bond donors (Lipinski definition) is 0. The number of nitrogens with zero attached hydrogens (tertiary/aromatic N) is 3. The van der Waals surface area contributed by atoms with Crippen LogP contribution in [0.15, 0.2) is 16.7 Å². The van der Waals surface area contributed by atoms with Crippen molar-refractivity contribution in [1.82, 2.24) is 15.0 Å². The summed E-state index contributed by atoms with van der Waals surface area (Å²) in [6.45, 7) is 5.07. The van der Waals surface area contributed by atoms with Crippen LogP contribution in [0.5, 0.6) is 0 Å². The number of thiophene rings is 1. The molecule has 1 fully saturated rings. The van der Waals surface area contributed by atoms with Crippen LogP contribution in [0.4, 0.5) is 0 Å². The van der Waals surface area contributed by atoms with E-state index in [0.29, 0.717) is 18.3 Å².